The van der Waals surface area contributed by atoms with Crippen LogP contribution in [0, 0.1) is 6.92 Å². The summed E-state index contributed by atoms with van der Waals surface area (Å²) in [5.74, 6) is -0.560. The highest BCUT2D eigenvalue weighted by molar-refractivity contribution is 6.05. The first-order valence-electron chi connectivity index (χ1n) is 10.00. The fourth-order valence-corrected chi connectivity index (χ4v) is 3.58. The third-order valence-corrected chi connectivity index (χ3v) is 5.15. The number of fused-ring (bicyclic) bond motifs is 1. The van der Waals surface area contributed by atoms with Crippen LogP contribution in [-0.4, -0.2) is 22.6 Å². The van der Waals surface area contributed by atoms with Crippen molar-refractivity contribution in [3.63, 3.8) is 0 Å². The minimum absolute atomic E-state index is 0.166. The number of hydrogen-bond donors (Lipinski definition) is 2. The summed E-state index contributed by atoms with van der Waals surface area (Å²) in [5.41, 5.74) is 4.83. The van der Waals surface area contributed by atoms with Crippen molar-refractivity contribution < 1.29 is 19.4 Å². The van der Waals surface area contributed by atoms with Gasteiger partial charge in [0.05, 0.1) is 5.56 Å². The first-order chi connectivity index (χ1) is 14.7. The predicted molar refractivity (Wildman–Crippen MR) is 121 cm³/mol. The summed E-state index contributed by atoms with van der Waals surface area (Å²) in [7, 11) is 0. The second kappa shape index (κ2) is 7.76. The summed E-state index contributed by atoms with van der Waals surface area (Å²) < 4.78 is 6.12. The van der Waals surface area contributed by atoms with Crippen molar-refractivity contribution in [3.8, 4) is 5.75 Å². The van der Waals surface area contributed by atoms with Crippen molar-refractivity contribution in [1.29, 1.82) is 0 Å². The van der Waals surface area contributed by atoms with Crippen LogP contribution >= 0.6 is 0 Å². The van der Waals surface area contributed by atoms with Gasteiger partial charge in [0, 0.05) is 16.8 Å². The lowest BCUT2D eigenvalue weighted by atomic mass is 9.88. The summed E-state index contributed by atoms with van der Waals surface area (Å²) in [6, 6.07) is 19.7. The Labute approximate surface area is 181 Å². The van der Waals surface area contributed by atoms with Crippen molar-refractivity contribution in [3.05, 3.63) is 101 Å². The minimum atomic E-state index is -1.01. The number of carbonyl (C=O) groups is 2. The molecule has 1 aliphatic rings. The lowest BCUT2D eigenvalue weighted by Gasteiger charge is -2.31. The third kappa shape index (κ3) is 4.36. The van der Waals surface area contributed by atoms with E-state index >= 15 is 0 Å². The summed E-state index contributed by atoms with van der Waals surface area (Å²) in [6.45, 7) is 6.06. The zero-order valence-corrected chi connectivity index (χ0v) is 17.6. The average molecular weight is 413 g/mol. The number of carbonyl (C=O) groups excluding carboxylic acids is 1. The first-order valence-corrected chi connectivity index (χ1v) is 10.00. The van der Waals surface area contributed by atoms with E-state index in [1.54, 1.807) is 18.2 Å². The molecule has 156 valence electrons. The molecule has 1 amide bonds. The van der Waals surface area contributed by atoms with Crippen molar-refractivity contribution in [2.24, 2.45) is 0 Å². The number of carboxylic acid groups (broad SMARTS) is 1. The van der Waals surface area contributed by atoms with Crippen LogP contribution in [0.2, 0.25) is 0 Å². The molecule has 4 rings (SSSR count). The van der Waals surface area contributed by atoms with Crippen LogP contribution in [0.1, 0.15) is 51.3 Å². The van der Waals surface area contributed by atoms with Gasteiger partial charge < -0.3 is 15.2 Å². The molecule has 0 aromatic heterocycles. The number of carboxylic acids is 1. The largest absolute Gasteiger partial charge is 0.483 e. The molecule has 0 aliphatic carbocycles. The van der Waals surface area contributed by atoms with Gasteiger partial charge in [0.1, 0.15) is 11.4 Å². The fraction of sp³-hybridized carbons (Fsp3) is 0.154. The molecule has 0 saturated carbocycles. The molecule has 3 aromatic carbocycles. The molecule has 2 N–H and O–H groups in total. The van der Waals surface area contributed by atoms with Crippen LogP contribution in [-0.2, 0) is 0 Å². The van der Waals surface area contributed by atoms with E-state index in [4.69, 9.17) is 9.84 Å². The maximum absolute atomic E-state index is 12.8. The molecule has 1 aliphatic heterocycles. The zero-order chi connectivity index (χ0) is 22.2. The van der Waals surface area contributed by atoms with Gasteiger partial charge in [-0.1, -0.05) is 29.8 Å². The van der Waals surface area contributed by atoms with E-state index in [-0.39, 0.29) is 11.5 Å². The molecule has 31 heavy (non-hydrogen) atoms. The zero-order valence-electron chi connectivity index (χ0n) is 17.6. The Morgan fingerprint density at radius 1 is 0.903 bits per heavy atom. The molecular weight excluding hydrogens is 390 g/mol. The number of ether oxygens (including phenoxy) is 1. The monoisotopic (exact) mass is 413 g/mol. The molecule has 0 radical (unpaired) electrons. The van der Waals surface area contributed by atoms with Gasteiger partial charge in [0.2, 0.25) is 0 Å². The summed E-state index contributed by atoms with van der Waals surface area (Å²) in [4.78, 5) is 23.8. The normalized spacial score (nSPS) is 14.1. The Balaban J connectivity index is 1.66. The minimum Gasteiger partial charge on any atom is -0.483 e. The lowest BCUT2D eigenvalue weighted by Crippen LogP contribution is -2.29. The number of rotatable bonds is 4. The van der Waals surface area contributed by atoms with Gasteiger partial charge in [-0.15, -0.1) is 0 Å². The van der Waals surface area contributed by atoms with Crippen LogP contribution in [0.25, 0.3) is 5.57 Å². The molecule has 0 atom stereocenters. The molecule has 1 heterocycles. The second-order valence-electron chi connectivity index (χ2n) is 8.18. The molecule has 5 heteroatoms. The smallest absolute Gasteiger partial charge is 0.335 e. The van der Waals surface area contributed by atoms with E-state index in [1.165, 1.54) is 17.7 Å². The van der Waals surface area contributed by atoms with E-state index in [0.29, 0.717) is 11.3 Å². The number of nitrogens with one attached hydrogen (secondary N) is 1. The van der Waals surface area contributed by atoms with E-state index in [9.17, 15) is 9.59 Å². The molecule has 3 aromatic rings. The Morgan fingerprint density at radius 3 is 2.19 bits per heavy atom. The molecular formula is C26H23NO4. The number of benzene rings is 3. The van der Waals surface area contributed by atoms with Gasteiger partial charge in [-0.3, -0.25) is 4.79 Å². The Hall–Kier alpha value is -3.86. The number of anilines is 1. The van der Waals surface area contributed by atoms with Crippen LogP contribution < -0.4 is 10.1 Å². The molecule has 0 spiro atoms. The van der Waals surface area contributed by atoms with Crippen LogP contribution in [0.4, 0.5) is 5.69 Å². The van der Waals surface area contributed by atoms with Crippen molar-refractivity contribution in [2.45, 2.75) is 26.4 Å². The highest BCUT2D eigenvalue weighted by atomic mass is 16.5. The van der Waals surface area contributed by atoms with Gasteiger partial charge in [-0.2, -0.15) is 0 Å². The summed E-state index contributed by atoms with van der Waals surface area (Å²) >= 11 is 0. The number of amides is 1. The number of hydrogen-bond acceptors (Lipinski definition) is 3. The number of aromatic carboxylic acids is 1. The molecule has 5 nitrogen and oxygen atoms in total. The fourth-order valence-electron chi connectivity index (χ4n) is 3.58. The Bertz CT molecular complexity index is 1190. The van der Waals surface area contributed by atoms with Crippen molar-refractivity contribution in [1.82, 2.24) is 0 Å². The van der Waals surface area contributed by atoms with Crippen molar-refractivity contribution in [2.75, 3.05) is 5.32 Å². The topological polar surface area (TPSA) is 75.6 Å². The maximum Gasteiger partial charge on any atom is 0.335 e. The lowest BCUT2D eigenvalue weighted by molar-refractivity contribution is 0.0696. The molecule has 0 unspecified atom stereocenters. The highest BCUT2D eigenvalue weighted by Gasteiger charge is 2.28. The Kier molecular flexibility index (Phi) is 5.11. The summed E-state index contributed by atoms with van der Waals surface area (Å²) in [5, 5.41) is 11.8. The predicted octanol–water partition coefficient (Wildman–Crippen LogP) is 5.55. The summed E-state index contributed by atoms with van der Waals surface area (Å²) in [6.07, 6.45) is 2.08. The SMILES string of the molecule is Cc1ccc(C2=CC(C)(C)Oc3ccc(C(=O)Nc4ccc(C(=O)O)cc4)cc32)cc1. The highest BCUT2D eigenvalue weighted by Crippen LogP contribution is 2.40. The first kappa shape index (κ1) is 20.4. The van der Waals surface area contributed by atoms with Crippen LogP contribution in [0.15, 0.2) is 72.8 Å². The van der Waals surface area contributed by atoms with Gasteiger partial charge in [0.15, 0.2) is 0 Å². The maximum atomic E-state index is 12.8. The third-order valence-electron chi connectivity index (χ3n) is 5.15. The van der Waals surface area contributed by atoms with E-state index in [2.05, 4.69) is 35.7 Å². The van der Waals surface area contributed by atoms with Crippen LogP contribution in [0.5, 0.6) is 5.75 Å². The molecule has 0 fully saturated rings. The molecule has 0 bridgehead atoms. The average Bonchev–Trinajstić information content (AvgIpc) is 2.73. The second-order valence-corrected chi connectivity index (χ2v) is 8.18. The number of aryl methyl sites for hydroxylation is 1. The van der Waals surface area contributed by atoms with Gasteiger partial charge in [0.25, 0.3) is 5.91 Å². The van der Waals surface area contributed by atoms with Gasteiger partial charge >= 0.3 is 5.97 Å². The van der Waals surface area contributed by atoms with E-state index < -0.39 is 11.6 Å². The standard InChI is InChI=1S/C26H23NO4/c1-16-4-6-17(7-5-16)22-15-26(2,3)31-23-13-10-19(14-21(22)23)24(28)27-20-11-8-18(9-12-20)25(29)30/h4-15H,1-3H3,(H,27,28)(H,29,30). The van der Waals surface area contributed by atoms with E-state index in [1.807, 2.05) is 32.9 Å². The quantitative estimate of drug-likeness (QED) is 0.588. The van der Waals surface area contributed by atoms with Crippen LogP contribution in [0.3, 0.4) is 0 Å². The van der Waals surface area contributed by atoms with Gasteiger partial charge in [-0.05, 0) is 80.4 Å². The van der Waals surface area contributed by atoms with Crippen molar-refractivity contribution >= 4 is 23.1 Å². The molecule has 0 saturated heterocycles. The van der Waals surface area contributed by atoms with Gasteiger partial charge in [-0.25, -0.2) is 4.79 Å². The van der Waals surface area contributed by atoms with E-state index in [0.717, 1.165) is 22.4 Å². The Morgan fingerprint density at radius 2 is 1.55 bits per heavy atom.